The molecule has 0 bridgehead atoms. The van der Waals surface area contributed by atoms with Crippen LogP contribution in [0.15, 0.2) is 18.2 Å². The molecule has 0 heterocycles. The summed E-state index contributed by atoms with van der Waals surface area (Å²) in [5, 5.41) is 2.99. The van der Waals surface area contributed by atoms with Crippen LogP contribution in [0.3, 0.4) is 0 Å². The molecular weight excluding hydrogens is 250 g/mol. The van der Waals surface area contributed by atoms with Gasteiger partial charge in [-0.05, 0) is 51.4 Å². The number of carbonyl (C=O) groups is 1. The minimum absolute atomic E-state index is 0.0353. The van der Waals surface area contributed by atoms with Crippen molar-refractivity contribution in [1.29, 1.82) is 0 Å². The number of nitrogens with zero attached hydrogens (tertiary/aromatic N) is 1. The molecule has 1 unspecified atom stereocenters. The third-order valence-corrected chi connectivity index (χ3v) is 4.52. The van der Waals surface area contributed by atoms with E-state index in [1.165, 1.54) is 25.7 Å². The van der Waals surface area contributed by atoms with E-state index in [1.807, 2.05) is 39.1 Å². The van der Waals surface area contributed by atoms with Crippen molar-refractivity contribution in [2.45, 2.75) is 51.6 Å². The van der Waals surface area contributed by atoms with Gasteiger partial charge in [-0.15, -0.1) is 0 Å². The van der Waals surface area contributed by atoms with Crippen LogP contribution in [-0.4, -0.2) is 29.9 Å². The van der Waals surface area contributed by atoms with Crippen molar-refractivity contribution in [3.63, 3.8) is 0 Å². The van der Waals surface area contributed by atoms with Gasteiger partial charge >= 0.3 is 0 Å². The highest BCUT2D eigenvalue weighted by atomic mass is 16.2. The molecule has 0 aliphatic heterocycles. The lowest BCUT2D eigenvalue weighted by Crippen LogP contribution is -2.44. The first kappa shape index (κ1) is 14.9. The summed E-state index contributed by atoms with van der Waals surface area (Å²) in [4.78, 5) is 14.6. The number of carbonyl (C=O) groups excluding carboxylic acids is 1. The second-order valence-corrected chi connectivity index (χ2v) is 5.79. The summed E-state index contributed by atoms with van der Waals surface area (Å²) in [6, 6.07) is 6.02. The number of hydrogen-bond acceptors (Lipinski definition) is 3. The molecular formula is C16H25N3O. The number of benzene rings is 1. The van der Waals surface area contributed by atoms with Crippen molar-refractivity contribution in [2.24, 2.45) is 0 Å². The van der Waals surface area contributed by atoms with Crippen LogP contribution in [0.2, 0.25) is 0 Å². The number of anilines is 2. The molecule has 4 heteroatoms. The molecule has 0 spiro atoms. The second-order valence-electron chi connectivity index (χ2n) is 5.79. The van der Waals surface area contributed by atoms with Crippen LogP contribution in [-0.2, 0) is 4.79 Å². The lowest BCUT2D eigenvalue weighted by atomic mass is 10.1. The summed E-state index contributed by atoms with van der Waals surface area (Å²) in [6.45, 7) is 3.89. The minimum Gasteiger partial charge on any atom is -0.398 e. The van der Waals surface area contributed by atoms with Crippen molar-refractivity contribution in [3.05, 3.63) is 23.8 Å². The number of nitrogens with one attached hydrogen (secondary N) is 1. The number of nitrogen functional groups attached to an aromatic ring is 1. The van der Waals surface area contributed by atoms with Gasteiger partial charge in [0.15, 0.2) is 0 Å². The Hall–Kier alpha value is -1.55. The van der Waals surface area contributed by atoms with Gasteiger partial charge in [0.1, 0.15) is 0 Å². The Morgan fingerprint density at radius 1 is 1.40 bits per heavy atom. The zero-order chi connectivity index (χ0) is 14.7. The van der Waals surface area contributed by atoms with Gasteiger partial charge in [0, 0.05) is 17.4 Å². The fourth-order valence-corrected chi connectivity index (χ4v) is 2.84. The van der Waals surface area contributed by atoms with E-state index in [0.29, 0.717) is 11.7 Å². The standard InChI is InChI=1S/C16H25N3O/c1-11-14(17)9-6-10-15(11)18-16(20)12(2)19(3)13-7-4-5-8-13/h6,9-10,12-13H,4-5,7-8,17H2,1-3H3,(H,18,20). The molecule has 1 amide bonds. The van der Waals surface area contributed by atoms with Gasteiger partial charge in [-0.1, -0.05) is 18.9 Å². The van der Waals surface area contributed by atoms with Gasteiger partial charge in [0.25, 0.3) is 0 Å². The third kappa shape index (κ3) is 3.12. The van der Waals surface area contributed by atoms with Crippen LogP contribution in [0, 0.1) is 6.92 Å². The molecule has 20 heavy (non-hydrogen) atoms. The zero-order valence-corrected chi connectivity index (χ0v) is 12.6. The van der Waals surface area contributed by atoms with Crippen LogP contribution in [0.5, 0.6) is 0 Å². The molecule has 4 nitrogen and oxygen atoms in total. The molecule has 1 aliphatic rings. The molecule has 1 fully saturated rings. The molecule has 110 valence electrons. The number of rotatable bonds is 4. The average Bonchev–Trinajstić information content (AvgIpc) is 2.96. The minimum atomic E-state index is -0.126. The van der Waals surface area contributed by atoms with Crippen LogP contribution < -0.4 is 11.1 Å². The highest BCUT2D eigenvalue weighted by molar-refractivity contribution is 5.95. The SMILES string of the molecule is Cc1c(N)cccc1NC(=O)C(C)N(C)C1CCCC1. The van der Waals surface area contributed by atoms with E-state index in [1.54, 1.807) is 0 Å². The Kier molecular flexibility index (Phi) is 4.65. The van der Waals surface area contributed by atoms with E-state index in [9.17, 15) is 4.79 Å². The lowest BCUT2D eigenvalue weighted by Gasteiger charge is -2.29. The zero-order valence-electron chi connectivity index (χ0n) is 12.6. The molecule has 2 rings (SSSR count). The molecule has 1 aliphatic carbocycles. The average molecular weight is 275 g/mol. The van der Waals surface area contributed by atoms with E-state index in [4.69, 9.17) is 5.73 Å². The predicted octanol–water partition coefficient (Wildman–Crippen LogP) is 2.78. The van der Waals surface area contributed by atoms with Gasteiger partial charge in [0.2, 0.25) is 5.91 Å². The fraction of sp³-hybridized carbons (Fsp3) is 0.562. The summed E-state index contributed by atoms with van der Waals surface area (Å²) in [5.74, 6) is 0.0353. The van der Waals surface area contributed by atoms with E-state index in [-0.39, 0.29) is 11.9 Å². The molecule has 3 N–H and O–H groups in total. The van der Waals surface area contributed by atoms with Gasteiger partial charge < -0.3 is 11.1 Å². The molecule has 1 aromatic rings. The summed E-state index contributed by atoms with van der Waals surface area (Å²) in [6.07, 6.45) is 4.95. The van der Waals surface area contributed by atoms with Crippen molar-refractivity contribution in [1.82, 2.24) is 4.90 Å². The van der Waals surface area contributed by atoms with Gasteiger partial charge in [0.05, 0.1) is 6.04 Å². The largest absolute Gasteiger partial charge is 0.398 e. The highest BCUT2D eigenvalue weighted by Crippen LogP contribution is 2.25. The first-order valence-corrected chi connectivity index (χ1v) is 7.38. The molecule has 1 aromatic carbocycles. The number of hydrogen-bond donors (Lipinski definition) is 2. The van der Waals surface area contributed by atoms with Crippen molar-refractivity contribution >= 4 is 17.3 Å². The van der Waals surface area contributed by atoms with Crippen molar-refractivity contribution in [3.8, 4) is 0 Å². The highest BCUT2D eigenvalue weighted by Gasteiger charge is 2.27. The van der Waals surface area contributed by atoms with Gasteiger partial charge in [-0.3, -0.25) is 9.69 Å². The third-order valence-electron chi connectivity index (χ3n) is 4.52. The molecule has 1 atom stereocenters. The summed E-state index contributed by atoms with van der Waals surface area (Å²) in [7, 11) is 2.05. The quantitative estimate of drug-likeness (QED) is 0.831. The fourth-order valence-electron chi connectivity index (χ4n) is 2.84. The Bertz CT molecular complexity index is 481. The monoisotopic (exact) mass is 275 g/mol. The smallest absolute Gasteiger partial charge is 0.241 e. The summed E-state index contributed by atoms with van der Waals surface area (Å²) < 4.78 is 0. The van der Waals surface area contributed by atoms with Crippen molar-refractivity contribution in [2.75, 3.05) is 18.1 Å². The Labute approximate surface area is 121 Å². The maximum absolute atomic E-state index is 12.4. The predicted molar refractivity (Wildman–Crippen MR) is 83.7 cm³/mol. The second kappa shape index (κ2) is 6.27. The van der Waals surface area contributed by atoms with Crippen LogP contribution >= 0.6 is 0 Å². The van der Waals surface area contributed by atoms with E-state index in [0.717, 1.165) is 11.3 Å². The molecule has 1 saturated carbocycles. The first-order valence-electron chi connectivity index (χ1n) is 7.38. The Morgan fingerprint density at radius 2 is 2.05 bits per heavy atom. The maximum atomic E-state index is 12.4. The summed E-state index contributed by atoms with van der Waals surface area (Å²) >= 11 is 0. The van der Waals surface area contributed by atoms with Gasteiger partial charge in [-0.2, -0.15) is 0 Å². The lowest BCUT2D eigenvalue weighted by molar-refractivity contribution is -0.121. The normalized spacial score (nSPS) is 17.4. The number of nitrogens with two attached hydrogens (primary N) is 1. The number of amides is 1. The summed E-state index contributed by atoms with van der Waals surface area (Å²) in [5.41, 5.74) is 8.31. The molecule has 0 radical (unpaired) electrons. The molecule has 0 aromatic heterocycles. The Morgan fingerprint density at radius 3 is 2.70 bits per heavy atom. The van der Waals surface area contributed by atoms with Gasteiger partial charge in [-0.25, -0.2) is 0 Å². The maximum Gasteiger partial charge on any atom is 0.241 e. The topological polar surface area (TPSA) is 58.4 Å². The molecule has 0 saturated heterocycles. The first-order chi connectivity index (χ1) is 9.50. The Balaban J connectivity index is 2.01. The van der Waals surface area contributed by atoms with E-state index >= 15 is 0 Å². The van der Waals surface area contributed by atoms with E-state index < -0.39 is 0 Å². The van der Waals surface area contributed by atoms with Crippen LogP contribution in [0.1, 0.15) is 38.2 Å². The van der Waals surface area contributed by atoms with Crippen LogP contribution in [0.25, 0.3) is 0 Å². The van der Waals surface area contributed by atoms with E-state index in [2.05, 4.69) is 10.2 Å². The van der Waals surface area contributed by atoms with Crippen molar-refractivity contribution < 1.29 is 4.79 Å². The van der Waals surface area contributed by atoms with Crippen LogP contribution in [0.4, 0.5) is 11.4 Å². The number of likely N-dealkylation sites (N-methyl/N-ethyl adjacent to an activating group) is 1.